The maximum Gasteiger partial charge on any atom is 0.261 e. The van der Waals surface area contributed by atoms with Gasteiger partial charge in [0.15, 0.2) is 0 Å². The van der Waals surface area contributed by atoms with Gasteiger partial charge < -0.3 is 5.32 Å². The van der Waals surface area contributed by atoms with E-state index in [9.17, 15) is 9.59 Å². The highest BCUT2D eigenvalue weighted by Crippen LogP contribution is 2.07. The van der Waals surface area contributed by atoms with Gasteiger partial charge in [0.05, 0.1) is 11.2 Å². The fraction of sp³-hybridized carbons (Fsp3) is 0.308. The molecule has 1 amide bonds. The number of aryl methyl sites for hydroxylation is 1. The quantitative estimate of drug-likeness (QED) is 0.896. The van der Waals surface area contributed by atoms with Crippen LogP contribution in [0.25, 0.3) is 0 Å². The maximum atomic E-state index is 11.7. The summed E-state index contributed by atoms with van der Waals surface area (Å²) in [6.45, 7) is 2.78. The van der Waals surface area contributed by atoms with E-state index in [-0.39, 0.29) is 11.5 Å². The van der Waals surface area contributed by atoms with Gasteiger partial charge in [-0.15, -0.1) is 11.3 Å². The van der Waals surface area contributed by atoms with Crippen LogP contribution in [-0.4, -0.2) is 22.0 Å². The Morgan fingerprint density at radius 1 is 1.53 bits per heavy atom. The van der Waals surface area contributed by atoms with Gasteiger partial charge in [0.2, 0.25) is 0 Å². The second kappa shape index (κ2) is 6.29. The zero-order valence-corrected chi connectivity index (χ0v) is 11.4. The molecule has 0 aliphatic carbocycles. The Bertz CT molecular complexity index is 605. The summed E-state index contributed by atoms with van der Waals surface area (Å²) in [6.07, 6.45) is 2.27. The molecule has 0 fully saturated rings. The molecule has 0 aliphatic heterocycles. The van der Waals surface area contributed by atoms with Crippen LogP contribution in [0, 0.1) is 0 Å². The monoisotopic (exact) mass is 277 g/mol. The average Bonchev–Trinajstić information content (AvgIpc) is 2.94. The van der Waals surface area contributed by atoms with Crippen LogP contribution in [0.15, 0.2) is 34.7 Å². The van der Waals surface area contributed by atoms with Crippen LogP contribution in [0.5, 0.6) is 0 Å². The molecule has 2 aromatic rings. The molecule has 100 valence electrons. The number of amides is 1. The van der Waals surface area contributed by atoms with Crippen molar-refractivity contribution in [1.82, 2.24) is 14.9 Å². The first-order chi connectivity index (χ1) is 9.20. The van der Waals surface area contributed by atoms with E-state index in [1.807, 2.05) is 18.4 Å². The normalized spacial score (nSPS) is 10.4. The molecule has 19 heavy (non-hydrogen) atoms. The standard InChI is InChI=1S/C13H15N3O2S/c1-2-10-8-12(17)16(9-15-10)6-5-14-13(18)11-4-3-7-19-11/h3-4,7-9H,2,5-6H2,1H3,(H,14,18). The van der Waals surface area contributed by atoms with Gasteiger partial charge in [0, 0.05) is 24.8 Å². The lowest BCUT2D eigenvalue weighted by atomic mass is 10.3. The zero-order valence-electron chi connectivity index (χ0n) is 10.6. The predicted octanol–water partition coefficient (Wildman–Crippen LogP) is 1.30. The van der Waals surface area contributed by atoms with Gasteiger partial charge in [0.1, 0.15) is 0 Å². The highest BCUT2D eigenvalue weighted by Gasteiger charge is 2.05. The molecule has 5 nitrogen and oxygen atoms in total. The van der Waals surface area contributed by atoms with Crippen molar-refractivity contribution < 1.29 is 4.79 Å². The van der Waals surface area contributed by atoms with Gasteiger partial charge >= 0.3 is 0 Å². The van der Waals surface area contributed by atoms with Crippen molar-refractivity contribution in [2.45, 2.75) is 19.9 Å². The molecular weight excluding hydrogens is 262 g/mol. The predicted molar refractivity (Wildman–Crippen MR) is 74.5 cm³/mol. The Morgan fingerprint density at radius 3 is 3.00 bits per heavy atom. The van der Waals surface area contributed by atoms with E-state index >= 15 is 0 Å². The third kappa shape index (κ3) is 3.51. The van der Waals surface area contributed by atoms with Gasteiger partial charge in [-0.2, -0.15) is 0 Å². The van der Waals surface area contributed by atoms with E-state index in [4.69, 9.17) is 0 Å². The first-order valence-corrected chi connectivity index (χ1v) is 6.95. The Morgan fingerprint density at radius 2 is 2.37 bits per heavy atom. The highest BCUT2D eigenvalue weighted by molar-refractivity contribution is 7.12. The molecule has 1 N–H and O–H groups in total. The summed E-state index contributed by atoms with van der Waals surface area (Å²) in [4.78, 5) is 28.2. The van der Waals surface area contributed by atoms with Crippen molar-refractivity contribution in [3.05, 3.63) is 50.8 Å². The molecular formula is C13H15N3O2S. The van der Waals surface area contributed by atoms with E-state index in [2.05, 4.69) is 10.3 Å². The molecule has 0 saturated carbocycles. The van der Waals surface area contributed by atoms with Crippen LogP contribution in [-0.2, 0) is 13.0 Å². The molecule has 0 aliphatic rings. The number of thiophene rings is 1. The van der Waals surface area contributed by atoms with Gasteiger partial charge in [-0.05, 0) is 17.9 Å². The minimum Gasteiger partial charge on any atom is -0.350 e. The van der Waals surface area contributed by atoms with E-state index in [0.29, 0.717) is 18.0 Å². The summed E-state index contributed by atoms with van der Waals surface area (Å²) in [6, 6.07) is 5.13. The number of rotatable bonds is 5. The molecule has 6 heteroatoms. The molecule has 2 heterocycles. The van der Waals surface area contributed by atoms with Crippen LogP contribution in [0.3, 0.4) is 0 Å². The van der Waals surface area contributed by atoms with E-state index < -0.39 is 0 Å². The number of hydrogen-bond donors (Lipinski definition) is 1. The molecule has 0 aromatic carbocycles. The Kier molecular flexibility index (Phi) is 4.46. The number of nitrogens with zero attached hydrogens (tertiary/aromatic N) is 2. The number of carbonyl (C=O) groups excluding carboxylic acids is 1. The molecule has 2 aromatic heterocycles. The zero-order chi connectivity index (χ0) is 13.7. The average molecular weight is 277 g/mol. The second-order valence-corrected chi connectivity index (χ2v) is 4.95. The summed E-state index contributed by atoms with van der Waals surface area (Å²) in [5.74, 6) is -0.110. The topological polar surface area (TPSA) is 64.0 Å². The van der Waals surface area contributed by atoms with E-state index in [0.717, 1.165) is 12.1 Å². The smallest absolute Gasteiger partial charge is 0.261 e. The third-order valence-corrected chi connectivity index (χ3v) is 3.55. The molecule has 0 unspecified atom stereocenters. The molecule has 0 atom stereocenters. The summed E-state index contributed by atoms with van der Waals surface area (Å²) in [7, 11) is 0. The van der Waals surface area contributed by atoms with Crippen molar-refractivity contribution >= 4 is 17.2 Å². The minimum atomic E-state index is -0.110. The minimum absolute atomic E-state index is 0.0859. The Balaban J connectivity index is 1.89. The number of hydrogen-bond acceptors (Lipinski definition) is 4. The second-order valence-electron chi connectivity index (χ2n) is 4.00. The van der Waals surface area contributed by atoms with Crippen LogP contribution in [0.2, 0.25) is 0 Å². The number of carbonyl (C=O) groups is 1. The van der Waals surface area contributed by atoms with Crippen molar-refractivity contribution in [1.29, 1.82) is 0 Å². The molecule has 0 saturated heterocycles. The van der Waals surface area contributed by atoms with Gasteiger partial charge in [-0.3, -0.25) is 14.2 Å². The highest BCUT2D eigenvalue weighted by atomic mass is 32.1. The number of nitrogens with one attached hydrogen (secondary N) is 1. The van der Waals surface area contributed by atoms with Gasteiger partial charge in [-0.1, -0.05) is 13.0 Å². The van der Waals surface area contributed by atoms with Crippen molar-refractivity contribution in [2.75, 3.05) is 6.54 Å². The van der Waals surface area contributed by atoms with Crippen LogP contribution in [0.1, 0.15) is 22.3 Å². The maximum absolute atomic E-state index is 11.7. The first kappa shape index (κ1) is 13.5. The SMILES string of the molecule is CCc1cc(=O)n(CCNC(=O)c2cccs2)cn1. The molecule has 2 rings (SSSR count). The third-order valence-electron chi connectivity index (χ3n) is 2.68. The molecule has 0 spiro atoms. The van der Waals surface area contributed by atoms with Crippen molar-refractivity contribution in [3.63, 3.8) is 0 Å². The Labute approximate surface area is 114 Å². The first-order valence-electron chi connectivity index (χ1n) is 6.07. The fourth-order valence-electron chi connectivity index (χ4n) is 1.61. The summed E-state index contributed by atoms with van der Waals surface area (Å²) in [5, 5.41) is 4.63. The van der Waals surface area contributed by atoms with Crippen LogP contribution in [0.4, 0.5) is 0 Å². The van der Waals surface area contributed by atoms with Crippen LogP contribution >= 0.6 is 11.3 Å². The summed E-state index contributed by atoms with van der Waals surface area (Å²) in [5.41, 5.74) is 0.695. The Hall–Kier alpha value is -1.95. The lowest BCUT2D eigenvalue weighted by Crippen LogP contribution is -2.30. The van der Waals surface area contributed by atoms with E-state index in [1.165, 1.54) is 28.3 Å². The summed E-state index contributed by atoms with van der Waals surface area (Å²) >= 11 is 1.39. The summed E-state index contributed by atoms with van der Waals surface area (Å²) < 4.78 is 1.49. The molecule has 0 bridgehead atoms. The van der Waals surface area contributed by atoms with Gasteiger partial charge in [0.25, 0.3) is 11.5 Å². The van der Waals surface area contributed by atoms with Crippen molar-refractivity contribution in [3.8, 4) is 0 Å². The van der Waals surface area contributed by atoms with Gasteiger partial charge in [-0.25, -0.2) is 4.98 Å². The van der Waals surface area contributed by atoms with Crippen molar-refractivity contribution in [2.24, 2.45) is 0 Å². The largest absolute Gasteiger partial charge is 0.350 e. The lowest BCUT2D eigenvalue weighted by molar-refractivity contribution is 0.0956. The lowest BCUT2D eigenvalue weighted by Gasteiger charge is -2.06. The van der Waals surface area contributed by atoms with Crippen LogP contribution < -0.4 is 10.9 Å². The molecule has 0 radical (unpaired) electrons. The number of aromatic nitrogens is 2. The fourth-order valence-corrected chi connectivity index (χ4v) is 2.25. The van der Waals surface area contributed by atoms with E-state index in [1.54, 1.807) is 6.07 Å².